The number of nitrogens with one attached hydrogen (secondary N) is 2. The number of H-pyrrole nitrogens is 1. The van der Waals surface area contributed by atoms with E-state index >= 15 is 0 Å². The molecule has 0 fully saturated rings. The van der Waals surface area contributed by atoms with Crippen LogP contribution < -0.4 is 10.9 Å². The monoisotopic (exact) mass is 352 g/mol. The molecule has 1 heterocycles. The third-order valence-corrected chi connectivity index (χ3v) is 4.20. The fourth-order valence-electron chi connectivity index (χ4n) is 2.47. The summed E-state index contributed by atoms with van der Waals surface area (Å²) in [4.78, 5) is 27.4. The number of carbonyl (C=O) groups is 1. The number of anilines is 1. The van der Waals surface area contributed by atoms with Gasteiger partial charge >= 0.3 is 0 Å². The van der Waals surface area contributed by atoms with E-state index in [9.17, 15) is 9.59 Å². The van der Waals surface area contributed by atoms with Crippen LogP contribution in [0, 0.1) is 13.8 Å². The van der Waals surface area contributed by atoms with E-state index in [0.717, 1.165) is 16.7 Å². The maximum absolute atomic E-state index is 12.4. The van der Waals surface area contributed by atoms with Gasteiger partial charge in [0.15, 0.2) is 0 Å². The molecule has 25 heavy (non-hydrogen) atoms. The van der Waals surface area contributed by atoms with E-state index in [0.29, 0.717) is 16.4 Å². The summed E-state index contributed by atoms with van der Waals surface area (Å²) in [5, 5.41) is 3.10. The van der Waals surface area contributed by atoms with Crippen LogP contribution >= 0.6 is 11.6 Å². The zero-order chi connectivity index (χ0) is 18.0. The van der Waals surface area contributed by atoms with Gasteiger partial charge in [0.25, 0.3) is 11.5 Å². The molecule has 126 valence electrons. The first-order valence-corrected chi connectivity index (χ1v) is 8.20. The fourth-order valence-corrected chi connectivity index (χ4v) is 2.75. The van der Waals surface area contributed by atoms with Crippen molar-refractivity contribution in [2.24, 2.45) is 0 Å². The topological polar surface area (TPSA) is 62.0 Å². The van der Waals surface area contributed by atoms with Gasteiger partial charge in [0, 0.05) is 5.69 Å². The standard InChI is InChI=1S/C20H17ClN2O2/c1-12-3-6-14(7-4-12)17-10-8-15(19(24)22-17)20(25)23-18-9-5-13(2)11-16(18)21/h3-11H,1-2H3,(H,22,24)(H,23,25). The highest BCUT2D eigenvalue weighted by atomic mass is 35.5. The highest BCUT2D eigenvalue weighted by molar-refractivity contribution is 6.34. The number of carbonyl (C=O) groups excluding carboxylic acids is 1. The van der Waals surface area contributed by atoms with Gasteiger partial charge in [-0.3, -0.25) is 9.59 Å². The molecule has 3 aromatic rings. The Labute approximate surface area is 150 Å². The molecular weight excluding hydrogens is 336 g/mol. The molecule has 2 aromatic carbocycles. The summed E-state index contributed by atoms with van der Waals surface area (Å²) < 4.78 is 0. The molecule has 0 radical (unpaired) electrons. The number of benzene rings is 2. The minimum atomic E-state index is -0.498. The van der Waals surface area contributed by atoms with E-state index in [1.165, 1.54) is 6.07 Å². The lowest BCUT2D eigenvalue weighted by atomic mass is 10.1. The lowest BCUT2D eigenvalue weighted by Crippen LogP contribution is -2.23. The minimum absolute atomic E-state index is 0.0347. The number of amides is 1. The van der Waals surface area contributed by atoms with E-state index in [4.69, 9.17) is 11.6 Å². The maximum Gasteiger partial charge on any atom is 0.261 e. The van der Waals surface area contributed by atoms with Crippen LogP contribution in [-0.4, -0.2) is 10.9 Å². The van der Waals surface area contributed by atoms with Crippen molar-refractivity contribution in [1.82, 2.24) is 4.98 Å². The van der Waals surface area contributed by atoms with Crippen molar-refractivity contribution < 1.29 is 4.79 Å². The lowest BCUT2D eigenvalue weighted by Gasteiger charge is -2.08. The summed E-state index contributed by atoms with van der Waals surface area (Å²) in [6.45, 7) is 3.90. The highest BCUT2D eigenvalue weighted by Gasteiger charge is 2.13. The summed E-state index contributed by atoms with van der Waals surface area (Å²) >= 11 is 6.12. The molecule has 0 spiro atoms. The number of pyridine rings is 1. The first-order valence-electron chi connectivity index (χ1n) is 7.82. The van der Waals surface area contributed by atoms with Gasteiger partial charge in [0.2, 0.25) is 0 Å². The van der Waals surface area contributed by atoms with E-state index in [1.807, 2.05) is 44.2 Å². The van der Waals surface area contributed by atoms with E-state index in [2.05, 4.69) is 10.3 Å². The van der Waals surface area contributed by atoms with Gasteiger partial charge < -0.3 is 10.3 Å². The SMILES string of the molecule is Cc1ccc(-c2ccc(C(=O)Nc3ccc(C)cc3Cl)c(=O)[nH]2)cc1. The minimum Gasteiger partial charge on any atom is -0.321 e. The van der Waals surface area contributed by atoms with Gasteiger partial charge in [-0.2, -0.15) is 0 Å². The molecule has 2 N–H and O–H groups in total. The second-order valence-corrected chi connectivity index (χ2v) is 6.33. The third-order valence-electron chi connectivity index (χ3n) is 3.89. The van der Waals surface area contributed by atoms with Crippen LogP contribution in [0.25, 0.3) is 11.3 Å². The zero-order valence-electron chi connectivity index (χ0n) is 13.9. The Morgan fingerprint density at radius 3 is 2.28 bits per heavy atom. The Bertz CT molecular complexity index is 991. The number of hydrogen-bond donors (Lipinski definition) is 2. The average molecular weight is 353 g/mol. The van der Waals surface area contributed by atoms with Gasteiger partial charge in [-0.25, -0.2) is 0 Å². The van der Waals surface area contributed by atoms with E-state index in [-0.39, 0.29) is 5.56 Å². The van der Waals surface area contributed by atoms with Crippen LogP contribution in [0.5, 0.6) is 0 Å². The predicted molar refractivity (Wildman–Crippen MR) is 101 cm³/mol. The van der Waals surface area contributed by atoms with E-state index < -0.39 is 11.5 Å². The molecule has 1 aromatic heterocycles. The summed E-state index contributed by atoms with van der Waals surface area (Å²) in [6.07, 6.45) is 0. The molecule has 1 amide bonds. The highest BCUT2D eigenvalue weighted by Crippen LogP contribution is 2.23. The molecule has 3 rings (SSSR count). The molecule has 0 aliphatic heterocycles. The van der Waals surface area contributed by atoms with E-state index in [1.54, 1.807) is 18.2 Å². The number of aryl methyl sites for hydroxylation is 2. The fraction of sp³-hybridized carbons (Fsp3) is 0.100. The van der Waals surface area contributed by atoms with Crippen molar-refractivity contribution in [2.45, 2.75) is 13.8 Å². The van der Waals surface area contributed by atoms with Crippen molar-refractivity contribution in [1.29, 1.82) is 0 Å². The summed E-state index contributed by atoms with van der Waals surface area (Å²) in [5.74, 6) is -0.498. The maximum atomic E-state index is 12.4. The number of halogens is 1. The summed E-state index contributed by atoms with van der Waals surface area (Å²) in [7, 11) is 0. The van der Waals surface area contributed by atoms with Crippen LogP contribution in [0.15, 0.2) is 59.4 Å². The first-order chi connectivity index (χ1) is 11.9. The molecular formula is C20H17ClN2O2. The Morgan fingerprint density at radius 2 is 1.64 bits per heavy atom. The largest absolute Gasteiger partial charge is 0.321 e. The van der Waals surface area contributed by atoms with Crippen molar-refractivity contribution in [3.8, 4) is 11.3 Å². The smallest absolute Gasteiger partial charge is 0.261 e. The predicted octanol–water partition coefficient (Wildman–Crippen LogP) is 4.56. The number of rotatable bonds is 3. The first kappa shape index (κ1) is 17.0. The Hall–Kier alpha value is -2.85. The second kappa shape index (κ2) is 6.95. The van der Waals surface area contributed by atoms with Crippen LogP contribution in [-0.2, 0) is 0 Å². The molecule has 0 bridgehead atoms. The van der Waals surface area contributed by atoms with Crippen LogP contribution in [0.1, 0.15) is 21.5 Å². The summed E-state index contributed by atoms with van der Waals surface area (Å²) in [5.41, 5.74) is 3.73. The Kier molecular flexibility index (Phi) is 4.72. The quantitative estimate of drug-likeness (QED) is 0.725. The molecule has 0 aliphatic carbocycles. The van der Waals surface area contributed by atoms with Gasteiger partial charge in [-0.15, -0.1) is 0 Å². The normalized spacial score (nSPS) is 10.5. The Morgan fingerprint density at radius 1 is 0.960 bits per heavy atom. The van der Waals surface area contributed by atoms with Crippen LogP contribution in [0.2, 0.25) is 5.02 Å². The molecule has 0 saturated carbocycles. The molecule has 0 atom stereocenters. The average Bonchev–Trinajstić information content (AvgIpc) is 2.58. The molecule has 4 nitrogen and oxygen atoms in total. The third kappa shape index (κ3) is 3.80. The lowest BCUT2D eigenvalue weighted by molar-refractivity contribution is 0.102. The number of aromatic amines is 1. The van der Waals surface area contributed by atoms with Gasteiger partial charge in [0.1, 0.15) is 5.56 Å². The van der Waals surface area contributed by atoms with Crippen LogP contribution in [0.4, 0.5) is 5.69 Å². The van der Waals surface area contributed by atoms with Crippen molar-refractivity contribution >= 4 is 23.2 Å². The van der Waals surface area contributed by atoms with Crippen molar-refractivity contribution in [3.63, 3.8) is 0 Å². The van der Waals surface area contributed by atoms with Gasteiger partial charge in [0.05, 0.1) is 10.7 Å². The summed E-state index contributed by atoms with van der Waals surface area (Å²) in [6, 6.07) is 16.3. The van der Waals surface area contributed by atoms with Crippen molar-refractivity contribution in [2.75, 3.05) is 5.32 Å². The van der Waals surface area contributed by atoms with Gasteiger partial charge in [-0.1, -0.05) is 47.5 Å². The van der Waals surface area contributed by atoms with Crippen LogP contribution in [0.3, 0.4) is 0 Å². The Balaban J connectivity index is 1.86. The molecule has 0 saturated heterocycles. The molecule has 0 aliphatic rings. The van der Waals surface area contributed by atoms with Crippen molar-refractivity contribution in [3.05, 3.63) is 86.7 Å². The number of hydrogen-bond acceptors (Lipinski definition) is 2. The molecule has 5 heteroatoms. The van der Waals surface area contributed by atoms with Gasteiger partial charge in [-0.05, 0) is 49.2 Å². The number of aromatic nitrogens is 1. The molecule has 0 unspecified atom stereocenters. The zero-order valence-corrected chi connectivity index (χ0v) is 14.6. The second-order valence-electron chi connectivity index (χ2n) is 5.92.